The van der Waals surface area contributed by atoms with Crippen LogP contribution in [0.15, 0.2) is 30.3 Å². The number of amides is 2. The van der Waals surface area contributed by atoms with Gasteiger partial charge in [0.05, 0.1) is 12.6 Å². The van der Waals surface area contributed by atoms with Crippen molar-refractivity contribution in [2.45, 2.75) is 31.5 Å². The SMILES string of the molecule is O=C(NC1CCOCC1)c1nnn2c1C(=O)N[C@@H](c1ccccc1)C2. The summed E-state index contributed by atoms with van der Waals surface area (Å²) in [5, 5.41) is 13.8. The molecule has 2 aromatic rings. The molecule has 1 aromatic heterocycles. The van der Waals surface area contributed by atoms with Crippen LogP contribution < -0.4 is 10.6 Å². The largest absolute Gasteiger partial charge is 0.381 e. The number of aromatic nitrogens is 3. The Balaban J connectivity index is 1.53. The average Bonchev–Trinajstić information content (AvgIpc) is 3.08. The lowest BCUT2D eigenvalue weighted by molar-refractivity contribution is 0.0690. The molecule has 8 heteroatoms. The lowest BCUT2D eigenvalue weighted by Crippen LogP contribution is -2.42. The third-order valence-electron chi connectivity index (χ3n) is 4.58. The van der Waals surface area contributed by atoms with E-state index < -0.39 is 0 Å². The number of nitrogens with one attached hydrogen (secondary N) is 2. The first kappa shape index (κ1) is 15.8. The zero-order valence-corrected chi connectivity index (χ0v) is 13.6. The fourth-order valence-corrected chi connectivity index (χ4v) is 3.23. The molecule has 1 atom stereocenters. The lowest BCUT2D eigenvalue weighted by atomic mass is 10.0. The minimum absolute atomic E-state index is 0.0438. The zero-order chi connectivity index (χ0) is 17.2. The van der Waals surface area contributed by atoms with Gasteiger partial charge in [0.2, 0.25) is 0 Å². The quantitative estimate of drug-likeness (QED) is 0.855. The van der Waals surface area contributed by atoms with Crippen molar-refractivity contribution in [1.29, 1.82) is 0 Å². The molecule has 2 N–H and O–H groups in total. The number of carbonyl (C=O) groups is 2. The summed E-state index contributed by atoms with van der Waals surface area (Å²) in [7, 11) is 0. The van der Waals surface area contributed by atoms with Gasteiger partial charge in [0.25, 0.3) is 11.8 Å². The molecule has 0 saturated carbocycles. The molecular weight excluding hydrogens is 322 g/mol. The van der Waals surface area contributed by atoms with Gasteiger partial charge in [-0.3, -0.25) is 9.59 Å². The highest BCUT2D eigenvalue weighted by molar-refractivity contribution is 6.05. The van der Waals surface area contributed by atoms with E-state index >= 15 is 0 Å². The van der Waals surface area contributed by atoms with Crippen LogP contribution in [-0.4, -0.2) is 46.1 Å². The average molecular weight is 341 g/mol. The van der Waals surface area contributed by atoms with Gasteiger partial charge < -0.3 is 15.4 Å². The van der Waals surface area contributed by atoms with Crippen molar-refractivity contribution in [1.82, 2.24) is 25.6 Å². The van der Waals surface area contributed by atoms with Crippen LogP contribution in [-0.2, 0) is 11.3 Å². The molecule has 2 amide bonds. The summed E-state index contributed by atoms with van der Waals surface area (Å²) in [4.78, 5) is 25.0. The van der Waals surface area contributed by atoms with E-state index in [1.807, 2.05) is 30.3 Å². The molecule has 25 heavy (non-hydrogen) atoms. The number of benzene rings is 1. The van der Waals surface area contributed by atoms with Crippen LogP contribution in [0.25, 0.3) is 0 Å². The first-order chi connectivity index (χ1) is 12.2. The molecule has 4 rings (SSSR count). The molecule has 0 spiro atoms. The molecule has 1 aromatic carbocycles. The predicted octanol–water partition coefficient (Wildman–Crippen LogP) is 0.672. The van der Waals surface area contributed by atoms with Crippen LogP contribution in [0.3, 0.4) is 0 Å². The van der Waals surface area contributed by atoms with E-state index in [0.717, 1.165) is 18.4 Å². The molecule has 0 unspecified atom stereocenters. The summed E-state index contributed by atoms with van der Waals surface area (Å²) < 4.78 is 6.80. The van der Waals surface area contributed by atoms with Crippen LogP contribution in [0.4, 0.5) is 0 Å². The third kappa shape index (κ3) is 3.12. The predicted molar refractivity (Wildman–Crippen MR) is 88.0 cm³/mol. The van der Waals surface area contributed by atoms with E-state index in [9.17, 15) is 9.59 Å². The third-order valence-corrected chi connectivity index (χ3v) is 4.58. The van der Waals surface area contributed by atoms with Gasteiger partial charge in [-0.1, -0.05) is 35.5 Å². The van der Waals surface area contributed by atoms with E-state index in [1.165, 1.54) is 4.68 Å². The molecule has 0 aliphatic carbocycles. The zero-order valence-electron chi connectivity index (χ0n) is 13.6. The fourth-order valence-electron chi connectivity index (χ4n) is 3.23. The Morgan fingerprint density at radius 3 is 2.76 bits per heavy atom. The number of rotatable bonds is 3. The second-order valence-electron chi connectivity index (χ2n) is 6.27. The lowest BCUT2D eigenvalue weighted by Gasteiger charge is -2.25. The maximum absolute atomic E-state index is 12.5. The van der Waals surface area contributed by atoms with Crippen LogP contribution >= 0.6 is 0 Å². The van der Waals surface area contributed by atoms with E-state index in [4.69, 9.17) is 4.74 Å². The summed E-state index contributed by atoms with van der Waals surface area (Å²) in [6, 6.07) is 9.53. The molecule has 1 saturated heterocycles. The molecule has 0 bridgehead atoms. The summed E-state index contributed by atoms with van der Waals surface area (Å²) >= 11 is 0. The van der Waals surface area contributed by atoms with Gasteiger partial charge in [0.15, 0.2) is 11.4 Å². The Morgan fingerprint density at radius 1 is 1.24 bits per heavy atom. The van der Waals surface area contributed by atoms with Gasteiger partial charge in [0, 0.05) is 19.3 Å². The molecule has 0 radical (unpaired) electrons. The van der Waals surface area contributed by atoms with E-state index in [1.54, 1.807) is 0 Å². The van der Waals surface area contributed by atoms with Gasteiger partial charge in [-0.25, -0.2) is 4.68 Å². The Hall–Kier alpha value is -2.74. The first-order valence-corrected chi connectivity index (χ1v) is 8.40. The molecule has 8 nitrogen and oxygen atoms in total. The minimum Gasteiger partial charge on any atom is -0.381 e. The van der Waals surface area contributed by atoms with Crippen molar-refractivity contribution < 1.29 is 14.3 Å². The van der Waals surface area contributed by atoms with Gasteiger partial charge in [-0.05, 0) is 18.4 Å². The highest BCUT2D eigenvalue weighted by Crippen LogP contribution is 2.22. The Morgan fingerprint density at radius 2 is 2.00 bits per heavy atom. The number of hydrogen-bond acceptors (Lipinski definition) is 5. The molecule has 3 heterocycles. The summed E-state index contributed by atoms with van der Waals surface area (Å²) in [6.07, 6.45) is 1.52. The van der Waals surface area contributed by atoms with Crippen molar-refractivity contribution in [3.05, 3.63) is 47.3 Å². The van der Waals surface area contributed by atoms with E-state index in [-0.39, 0.29) is 35.3 Å². The molecular formula is C17H19N5O3. The number of hydrogen-bond donors (Lipinski definition) is 2. The second kappa shape index (κ2) is 6.64. The van der Waals surface area contributed by atoms with Gasteiger partial charge in [-0.2, -0.15) is 0 Å². The van der Waals surface area contributed by atoms with E-state index in [2.05, 4.69) is 20.9 Å². The van der Waals surface area contributed by atoms with Gasteiger partial charge >= 0.3 is 0 Å². The number of nitrogens with zero attached hydrogens (tertiary/aromatic N) is 3. The number of ether oxygens (including phenoxy) is 1. The van der Waals surface area contributed by atoms with Crippen molar-refractivity contribution in [2.24, 2.45) is 0 Å². The highest BCUT2D eigenvalue weighted by atomic mass is 16.5. The normalized spacial score (nSPS) is 20.6. The van der Waals surface area contributed by atoms with Crippen molar-refractivity contribution in [3.63, 3.8) is 0 Å². The monoisotopic (exact) mass is 341 g/mol. The standard InChI is InChI=1S/C17H19N5O3/c23-16(18-12-6-8-25-9-7-12)14-15-17(24)19-13(10-22(15)21-20-14)11-4-2-1-3-5-11/h1-5,12-13H,6-10H2,(H,18,23)(H,19,24)/t13-/m1/s1. The maximum atomic E-state index is 12.5. The molecule has 1 fully saturated rings. The smallest absolute Gasteiger partial charge is 0.274 e. The van der Waals surface area contributed by atoms with Gasteiger partial charge in [-0.15, -0.1) is 5.10 Å². The van der Waals surface area contributed by atoms with Gasteiger partial charge in [0.1, 0.15) is 0 Å². The number of fused-ring (bicyclic) bond motifs is 1. The van der Waals surface area contributed by atoms with Crippen LogP contribution in [0.2, 0.25) is 0 Å². The summed E-state index contributed by atoms with van der Waals surface area (Å²) in [5.74, 6) is -0.691. The molecule has 130 valence electrons. The minimum atomic E-state index is -0.360. The van der Waals surface area contributed by atoms with Crippen LogP contribution in [0.1, 0.15) is 45.4 Å². The summed E-state index contributed by atoms with van der Waals surface area (Å²) in [6.45, 7) is 1.70. The van der Waals surface area contributed by atoms with Crippen LogP contribution in [0, 0.1) is 0 Å². The van der Waals surface area contributed by atoms with Crippen molar-refractivity contribution in [3.8, 4) is 0 Å². The van der Waals surface area contributed by atoms with Crippen LogP contribution in [0.5, 0.6) is 0 Å². The molecule has 2 aliphatic heterocycles. The van der Waals surface area contributed by atoms with Crippen molar-refractivity contribution >= 4 is 11.8 Å². The Kier molecular flexibility index (Phi) is 4.19. The topological polar surface area (TPSA) is 98.1 Å². The first-order valence-electron chi connectivity index (χ1n) is 8.40. The fraction of sp³-hybridized carbons (Fsp3) is 0.412. The Labute approximate surface area is 144 Å². The number of carbonyl (C=O) groups excluding carboxylic acids is 2. The van der Waals surface area contributed by atoms with Crippen molar-refractivity contribution in [2.75, 3.05) is 13.2 Å². The highest BCUT2D eigenvalue weighted by Gasteiger charge is 2.33. The maximum Gasteiger partial charge on any atom is 0.274 e. The Bertz CT molecular complexity index is 783. The molecule has 2 aliphatic rings. The van der Waals surface area contributed by atoms with E-state index in [0.29, 0.717) is 19.8 Å². The summed E-state index contributed by atoms with van der Waals surface area (Å²) in [5.41, 5.74) is 1.29. The second-order valence-corrected chi connectivity index (χ2v) is 6.27.